The predicted molar refractivity (Wildman–Crippen MR) is 87.1 cm³/mol. The van der Waals surface area contributed by atoms with E-state index in [2.05, 4.69) is 41.9 Å². The predicted octanol–water partition coefficient (Wildman–Crippen LogP) is 3.32. The van der Waals surface area contributed by atoms with Crippen molar-refractivity contribution in [1.82, 2.24) is 9.88 Å². The lowest BCUT2D eigenvalue weighted by Crippen LogP contribution is -2.44. The number of aromatic nitrogens is 1. The van der Waals surface area contributed by atoms with E-state index < -0.39 is 0 Å². The van der Waals surface area contributed by atoms with Crippen molar-refractivity contribution < 1.29 is 5.11 Å². The summed E-state index contributed by atoms with van der Waals surface area (Å²) in [5, 5.41) is 9.91. The van der Waals surface area contributed by atoms with Gasteiger partial charge in [-0.05, 0) is 58.7 Å². The van der Waals surface area contributed by atoms with E-state index in [1.807, 2.05) is 13.0 Å². The van der Waals surface area contributed by atoms with Crippen LogP contribution in [0.25, 0.3) is 0 Å². The minimum absolute atomic E-state index is 0.0271. The van der Waals surface area contributed by atoms with Crippen LogP contribution in [0.4, 0.5) is 0 Å². The molecule has 0 spiro atoms. The van der Waals surface area contributed by atoms with Crippen LogP contribution in [0.1, 0.15) is 44.5 Å². The molecule has 0 amide bonds. The van der Waals surface area contributed by atoms with Crippen LogP contribution in [-0.4, -0.2) is 34.7 Å². The van der Waals surface area contributed by atoms with E-state index in [1.54, 1.807) is 0 Å². The molecular weight excluding hydrogens is 260 g/mol. The number of nitrogens with zero attached hydrogens (tertiary/aromatic N) is 2. The molecule has 0 radical (unpaired) electrons. The summed E-state index contributed by atoms with van der Waals surface area (Å²) in [7, 11) is 0. The van der Waals surface area contributed by atoms with Gasteiger partial charge in [-0.25, -0.2) is 0 Å². The molecule has 0 bridgehead atoms. The van der Waals surface area contributed by atoms with Crippen molar-refractivity contribution in [3.05, 3.63) is 41.2 Å². The van der Waals surface area contributed by atoms with E-state index in [0.717, 1.165) is 50.3 Å². The summed E-state index contributed by atoms with van der Waals surface area (Å²) < 4.78 is 0. The fourth-order valence-electron chi connectivity index (χ4n) is 3.14. The molecule has 1 aromatic rings. The third-order valence-corrected chi connectivity index (χ3v) is 4.35. The molecule has 1 saturated heterocycles. The topological polar surface area (TPSA) is 36.4 Å². The number of hydrogen-bond acceptors (Lipinski definition) is 3. The van der Waals surface area contributed by atoms with Crippen molar-refractivity contribution in [2.24, 2.45) is 5.41 Å². The third kappa shape index (κ3) is 4.65. The Hall–Kier alpha value is -1.19. The smallest absolute Gasteiger partial charge is 0.0547 e. The minimum atomic E-state index is 0.0271. The highest BCUT2D eigenvalue weighted by Gasteiger charge is 2.34. The molecule has 2 rings (SSSR count). The molecule has 0 aliphatic carbocycles. The first-order chi connectivity index (χ1) is 10.0. The maximum absolute atomic E-state index is 9.91. The normalized spacial score (nSPS) is 23.0. The number of aryl methyl sites for hydroxylation is 1. The molecule has 1 aromatic heterocycles. The molecular formula is C18H28N2O. The molecule has 0 aromatic carbocycles. The van der Waals surface area contributed by atoms with E-state index in [1.165, 1.54) is 5.57 Å². The number of rotatable bonds is 5. The Morgan fingerprint density at radius 2 is 2.24 bits per heavy atom. The first-order valence-corrected chi connectivity index (χ1v) is 7.92. The lowest BCUT2D eigenvalue weighted by molar-refractivity contribution is 0.0302. The van der Waals surface area contributed by atoms with E-state index in [-0.39, 0.29) is 12.0 Å². The quantitative estimate of drug-likeness (QED) is 0.844. The molecule has 0 unspecified atom stereocenters. The molecule has 3 heteroatoms. The maximum atomic E-state index is 9.91. The number of hydrogen-bond donors (Lipinski definition) is 1. The van der Waals surface area contributed by atoms with Crippen LogP contribution in [0.15, 0.2) is 29.8 Å². The van der Waals surface area contributed by atoms with Gasteiger partial charge in [0.1, 0.15) is 0 Å². The van der Waals surface area contributed by atoms with Gasteiger partial charge in [0.25, 0.3) is 0 Å². The zero-order valence-electron chi connectivity index (χ0n) is 13.6. The van der Waals surface area contributed by atoms with Gasteiger partial charge in [-0.2, -0.15) is 0 Å². The summed E-state index contributed by atoms with van der Waals surface area (Å²) in [5.41, 5.74) is 3.56. The van der Waals surface area contributed by atoms with Crippen molar-refractivity contribution in [2.75, 3.05) is 19.7 Å². The Bertz CT molecular complexity index is 494. The summed E-state index contributed by atoms with van der Waals surface area (Å²) in [5.74, 6) is 0. The van der Waals surface area contributed by atoms with Crippen molar-refractivity contribution in [3.8, 4) is 0 Å². The van der Waals surface area contributed by atoms with E-state index in [0.29, 0.717) is 0 Å². The largest absolute Gasteiger partial charge is 0.396 e. The van der Waals surface area contributed by atoms with Crippen LogP contribution in [0.3, 0.4) is 0 Å². The second-order valence-corrected chi connectivity index (χ2v) is 6.73. The Morgan fingerprint density at radius 1 is 1.43 bits per heavy atom. The number of piperidine rings is 1. The van der Waals surface area contributed by atoms with Crippen molar-refractivity contribution in [1.29, 1.82) is 0 Å². The van der Waals surface area contributed by atoms with Gasteiger partial charge < -0.3 is 5.11 Å². The average Bonchev–Trinajstić information content (AvgIpc) is 2.45. The zero-order chi connectivity index (χ0) is 15.3. The summed E-state index contributed by atoms with van der Waals surface area (Å²) in [6, 6.07) is 6.20. The molecule has 21 heavy (non-hydrogen) atoms. The summed E-state index contributed by atoms with van der Waals surface area (Å²) in [6.07, 6.45) is 5.52. The summed E-state index contributed by atoms with van der Waals surface area (Å²) >= 11 is 0. The molecule has 1 aliphatic rings. The number of aliphatic hydroxyl groups is 1. The fourth-order valence-corrected chi connectivity index (χ4v) is 3.14. The van der Waals surface area contributed by atoms with Crippen LogP contribution in [0.2, 0.25) is 0 Å². The first kappa shape index (κ1) is 16.2. The molecule has 116 valence electrons. The summed E-state index contributed by atoms with van der Waals surface area (Å²) in [4.78, 5) is 7.04. The standard InChI is InChI=1S/C18H28N2O/c1-15(2)8-10-18(14-21)9-5-11-20(13-18)12-17-7-4-6-16(3)19-17/h4,6-8,21H,5,9-14H2,1-3H3/t18-/m1/s1. The first-order valence-electron chi connectivity index (χ1n) is 7.92. The van der Waals surface area contributed by atoms with Gasteiger partial charge in [0, 0.05) is 24.2 Å². The van der Waals surface area contributed by atoms with Crippen LogP contribution in [0, 0.1) is 12.3 Å². The lowest BCUT2D eigenvalue weighted by Gasteiger charge is -2.41. The molecule has 0 saturated carbocycles. The molecule has 2 heterocycles. The molecule has 1 atom stereocenters. The number of likely N-dealkylation sites (tertiary alicyclic amines) is 1. The second-order valence-electron chi connectivity index (χ2n) is 6.73. The SMILES string of the molecule is CC(C)=CC[C@]1(CO)CCCN(Cc2cccc(C)n2)C1. The van der Waals surface area contributed by atoms with Crippen LogP contribution in [-0.2, 0) is 6.54 Å². The van der Waals surface area contributed by atoms with Crippen LogP contribution in [0.5, 0.6) is 0 Å². The van der Waals surface area contributed by atoms with E-state index in [9.17, 15) is 5.11 Å². The zero-order valence-corrected chi connectivity index (χ0v) is 13.6. The van der Waals surface area contributed by atoms with Gasteiger partial charge in [0.05, 0.1) is 12.3 Å². The Kier molecular flexibility index (Phi) is 5.54. The highest BCUT2D eigenvalue weighted by atomic mass is 16.3. The maximum Gasteiger partial charge on any atom is 0.0547 e. The van der Waals surface area contributed by atoms with Crippen molar-refractivity contribution >= 4 is 0 Å². The number of allylic oxidation sites excluding steroid dienone is 2. The molecule has 1 N–H and O–H groups in total. The Morgan fingerprint density at radius 3 is 2.90 bits per heavy atom. The number of aliphatic hydroxyl groups excluding tert-OH is 1. The van der Waals surface area contributed by atoms with Crippen molar-refractivity contribution in [2.45, 2.75) is 46.6 Å². The molecule has 1 fully saturated rings. The highest BCUT2D eigenvalue weighted by molar-refractivity contribution is 5.10. The summed E-state index contributed by atoms with van der Waals surface area (Å²) in [6.45, 7) is 9.51. The monoisotopic (exact) mass is 288 g/mol. The van der Waals surface area contributed by atoms with Gasteiger partial charge in [-0.1, -0.05) is 17.7 Å². The molecule has 3 nitrogen and oxygen atoms in total. The van der Waals surface area contributed by atoms with E-state index in [4.69, 9.17) is 0 Å². The fraction of sp³-hybridized carbons (Fsp3) is 0.611. The third-order valence-electron chi connectivity index (χ3n) is 4.35. The highest BCUT2D eigenvalue weighted by Crippen LogP contribution is 2.34. The lowest BCUT2D eigenvalue weighted by atomic mass is 9.77. The van der Waals surface area contributed by atoms with Gasteiger partial charge in [-0.3, -0.25) is 9.88 Å². The van der Waals surface area contributed by atoms with Gasteiger partial charge >= 0.3 is 0 Å². The number of pyridine rings is 1. The Balaban J connectivity index is 2.03. The molecule has 1 aliphatic heterocycles. The average molecular weight is 288 g/mol. The Labute approximate surface area is 128 Å². The minimum Gasteiger partial charge on any atom is -0.396 e. The van der Waals surface area contributed by atoms with Crippen LogP contribution < -0.4 is 0 Å². The van der Waals surface area contributed by atoms with Crippen molar-refractivity contribution in [3.63, 3.8) is 0 Å². The van der Waals surface area contributed by atoms with Crippen LogP contribution >= 0.6 is 0 Å². The van der Waals surface area contributed by atoms with Gasteiger partial charge in [0.15, 0.2) is 0 Å². The second kappa shape index (κ2) is 7.19. The van der Waals surface area contributed by atoms with Gasteiger partial charge in [-0.15, -0.1) is 0 Å². The van der Waals surface area contributed by atoms with Gasteiger partial charge in [0.2, 0.25) is 0 Å². The van der Waals surface area contributed by atoms with E-state index >= 15 is 0 Å².